The number of hydrogen-bond donors (Lipinski definition) is 3. The molecule has 204 valence electrons. The van der Waals surface area contributed by atoms with Gasteiger partial charge in [0.25, 0.3) is 0 Å². The third kappa shape index (κ3) is 4.37. The molecule has 4 aliphatic rings. The Morgan fingerprint density at radius 1 is 0.475 bits per heavy atom. The van der Waals surface area contributed by atoms with Gasteiger partial charge in [0.2, 0.25) is 5.75 Å². The van der Waals surface area contributed by atoms with Gasteiger partial charge in [-0.2, -0.15) is 0 Å². The highest BCUT2D eigenvalue weighted by atomic mass is 16.5. The molecule has 0 unspecified atom stereocenters. The molecule has 8 rings (SSSR count). The Kier molecular flexibility index (Phi) is 5.99. The minimum Gasteiger partial charge on any atom is -0.451 e. The van der Waals surface area contributed by atoms with Gasteiger partial charge in [-0.15, -0.1) is 0 Å². The largest absolute Gasteiger partial charge is 0.451 e. The lowest BCUT2D eigenvalue weighted by atomic mass is 9.48. The first-order valence-corrected chi connectivity index (χ1v) is 14.2. The predicted molar refractivity (Wildman–Crippen MR) is 159 cm³/mol. The fourth-order valence-electron chi connectivity index (χ4n) is 7.74. The second-order valence-corrected chi connectivity index (χ2v) is 11.9. The summed E-state index contributed by atoms with van der Waals surface area (Å²) < 4.78 is 19.9. The van der Waals surface area contributed by atoms with Crippen LogP contribution in [0.15, 0.2) is 84.9 Å². The van der Waals surface area contributed by atoms with Crippen molar-refractivity contribution in [3.8, 4) is 34.5 Å². The lowest BCUT2D eigenvalue weighted by molar-refractivity contribution is -0.00610. The average molecular weight is 534 g/mol. The van der Waals surface area contributed by atoms with Crippen LogP contribution in [0, 0.1) is 17.8 Å². The van der Waals surface area contributed by atoms with Crippen LogP contribution in [0.25, 0.3) is 0 Å². The van der Waals surface area contributed by atoms with Crippen LogP contribution >= 0.6 is 0 Å². The molecule has 0 heterocycles. The first kappa shape index (κ1) is 24.7. The molecule has 4 aliphatic carbocycles. The number of nitrogen functional groups attached to an aromatic ring is 3. The van der Waals surface area contributed by atoms with Crippen molar-refractivity contribution in [3.05, 3.63) is 90.5 Å². The SMILES string of the molecule is Nc1ccccc1Oc1ccc(C23CC4CC(CC(C4)C2)C3)c(Oc2ccccc2N)c1Oc1ccccc1N. The summed E-state index contributed by atoms with van der Waals surface area (Å²) in [6, 6.07) is 26.7. The van der Waals surface area contributed by atoms with E-state index in [1.165, 1.54) is 38.5 Å². The molecular weight excluding hydrogens is 498 g/mol. The number of rotatable bonds is 7. The lowest BCUT2D eigenvalue weighted by Crippen LogP contribution is -2.48. The van der Waals surface area contributed by atoms with Gasteiger partial charge in [-0.1, -0.05) is 42.5 Å². The van der Waals surface area contributed by atoms with Crippen LogP contribution in [0.3, 0.4) is 0 Å². The van der Waals surface area contributed by atoms with Crippen LogP contribution in [-0.4, -0.2) is 0 Å². The van der Waals surface area contributed by atoms with E-state index in [1.807, 2.05) is 78.9 Å². The van der Waals surface area contributed by atoms with Gasteiger partial charge >= 0.3 is 0 Å². The molecule has 0 radical (unpaired) electrons. The molecule has 4 aromatic rings. The number of anilines is 3. The van der Waals surface area contributed by atoms with Crippen LogP contribution in [-0.2, 0) is 5.41 Å². The molecule has 4 saturated carbocycles. The summed E-state index contributed by atoms with van der Waals surface area (Å²) in [6.07, 6.45) is 7.54. The zero-order valence-corrected chi connectivity index (χ0v) is 22.5. The third-order valence-corrected chi connectivity index (χ3v) is 9.09. The first-order valence-electron chi connectivity index (χ1n) is 14.2. The maximum absolute atomic E-state index is 6.78. The van der Waals surface area contributed by atoms with Crippen molar-refractivity contribution in [2.24, 2.45) is 17.8 Å². The Morgan fingerprint density at radius 3 is 1.38 bits per heavy atom. The topological polar surface area (TPSA) is 106 Å². The van der Waals surface area contributed by atoms with Crippen molar-refractivity contribution in [2.75, 3.05) is 17.2 Å². The van der Waals surface area contributed by atoms with E-state index in [0.717, 1.165) is 23.3 Å². The molecule has 4 aromatic carbocycles. The lowest BCUT2D eigenvalue weighted by Gasteiger charge is -2.57. The van der Waals surface area contributed by atoms with Crippen molar-refractivity contribution < 1.29 is 14.2 Å². The predicted octanol–water partition coefficient (Wildman–Crippen LogP) is 8.28. The molecule has 0 aromatic heterocycles. The summed E-state index contributed by atoms with van der Waals surface area (Å²) in [6.45, 7) is 0. The van der Waals surface area contributed by atoms with Crippen molar-refractivity contribution in [1.82, 2.24) is 0 Å². The molecule has 0 aliphatic heterocycles. The number of ether oxygens (including phenoxy) is 3. The molecule has 6 nitrogen and oxygen atoms in total. The van der Waals surface area contributed by atoms with E-state index in [2.05, 4.69) is 6.07 Å². The maximum atomic E-state index is 6.78. The molecule has 0 saturated heterocycles. The van der Waals surface area contributed by atoms with Crippen LogP contribution < -0.4 is 31.4 Å². The highest BCUT2D eigenvalue weighted by Gasteiger charge is 2.53. The maximum Gasteiger partial charge on any atom is 0.212 e. The van der Waals surface area contributed by atoms with Gasteiger partial charge in [-0.05, 0) is 104 Å². The summed E-state index contributed by atoms with van der Waals surface area (Å²) in [5.74, 6) is 5.53. The number of hydrogen-bond acceptors (Lipinski definition) is 6. The Morgan fingerprint density at radius 2 is 0.900 bits per heavy atom. The molecule has 6 N–H and O–H groups in total. The van der Waals surface area contributed by atoms with E-state index in [9.17, 15) is 0 Å². The summed E-state index contributed by atoms with van der Waals surface area (Å²) in [5.41, 5.74) is 21.8. The van der Waals surface area contributed by atoms with Crippen molar-refractivity contribution in [3.63, 3.8) is 0 Å². The third-order valence-electron chi connectivity index (χ3n) is 9.09. The Labute approximate surface area is 235 Å². The second kappa shape index (κ2) is 9.70. The monoisotopic (exact) mass is 533 g/mol. The van der Waals surface area contributed by atoms with Crippen molar-refractivity contribution in [2.45, 2.75) is 43.9 Å². The van der Waals surface area contributed by atoms with E-state index in [1.54, 1.807) is 0 Å². The van der Waals surface area contributed by atoms with Crippen LogP contribution in [0.5, 0.6) is 34.5 Å². The Balaban J connectivity index is 1.43. The molecule has 6 heteroatoms. The van der Waals surface area contributed by atoms with Gasteiger partial charge in [0, 0.05) is 5.56 Å². The van der Waals surface area contributed by atoms with Gasteiger partial charge < -0.3 is 31.4 Å². The van der Waals surface area contributed by atoms with Crippen molar-refractivity contribution >= 4 is 17.1 Å². The van der Waals surface area contributed by atoms with Gasteiger partial charge in [0.05, 0.1) is 17.1 Å². The second-order valence-electron chi connectivity index (χ2n) is 11.9. The summed E-state index contributed by atoms with van der Waals surface area (Å²) >= 11 is 0. The highest BCUT2D eigenvalue weighted by molar-refractivity contribution is 5.66. The zero-order chi connectivity index (χ0) is 27.3. The van der Waals surface area contributed by atoms with Gasteiger partial charge in [0.1, 0.15) is 0 Å². The average Bonchev–Trinajstić information content (AvgIpc) is 2.93. The van der Waals surface area contributed by atoms with Gasteiger partial charge in [-0.25, -0.2) is 0 Å². The van der Waals surface area contributed by atoms with Crippen LogP contribution in [0.1, 0.15) is 44.1 Å². The quantitative estimate of drug-likeness (QED) is 0.206. The fourth-order valence-corrected chi connectivity index (χ4v) is 7.74. The minimum atomic E-state index is 0.0261. The van der Waals surface area contributed by atoms with Gasteiger partial charge in [-0.3, -0.25) is 0 Å². The molecular formula is C34H35N3O3. The van der Waals surface area contributed by atoms with E-state index in [0.29, 0.717) is 51.6 Å². The van der Waals surface area contributed by atoms with E-state index < -0.39 is 0 Å². The molecule has 4 bridgehead atoms. The highest BCUT2D eigenvalue weighted by Crippen LogP contribution is 2.64. The Hall–Kier alpha value is -4.32. The first-order chi connectivity index (χ1) is 19.5. The van der Waals surface area contributed by atoms with E-state index >= 15 is 0 Å². The molecule has 4 fully saturated rings. The van der Waals surface area contributed by atoms with Gasteiger partial charge in [0.15, 0.2) is 28.7 Å². The normalized spacial score (nSPS) is 24.6. The minimum absolute atomic E-state index is 0.0261. The molecule has 40 heavy (non-hydrogen) atoms. The number of nitrogens with two attached hydrogens (primary N) is 3. The summed E-state index contributed by atoms with van der Waals surface area (Å²) in [5, 5.41) is 0. The van der Waals surface area contributed by atoms with Crippen molar-refractivity contribution in [1.29, 1.82) is 0 Å². The standard InChI is InChI=1S/C34H35N3O3/c35-25-7-1-4-10-28(25)38-31-14-13-24(34-18-21-15-22(19-34)17-23(16-21)20-34)32(39-29-11-5-2-8-26(29)36)33(31)40-30-12-6-3-9-27(30)37/h1-14,21-23H,15-20,35-37H2. The molecule has 0 atom stereocenters. The molecule has 0 spiro atoms. The van der Waals surface area contributed by atoms with Crippen LogP contribution in [0.4, 0.5) is 17.1 Å². The van der Waals surface area contributed by atoms with E-state index in [-0.39, 0.29) is 5.41 Å². The Bertz CT molecular complexity index is 1530. The number of benzene rings is 4. The molecule has 0 amide bonds. The number of para-hydroxylation sites is 6. The smallest absolute Gasteiger partial charge is 0.212 e. The zero-order valence-electron chi connectivity index (χ0n) is 22.5. The summed E-state index contributed by atoms with van der Waals surface area (Å²) in [7, 11) is 0. The summed E-state index contributed by atoms with van der Waals surface area (Å²) in [4.78, 5) is 0. The van der Waals surface area contributed by atoms with Crippen LogP contribution in [0.2, 0.25) is 0 Å². The van der Waals surface area contributed by atoms with E-state index in [4.69, 9.17) is 31.4 Å². The fraction of sp³-hybridized carbons (Fsp3) is 0.294.